The molecule has 0 heterocycles. The lowest BCUT2D eigenvalue weighted by Crippen LogP contribution is -2.18. The van der Waals surface area contributed by atoms with E-state index in [1.165, 1.54) is 108 Å². The van der Waals surface area contributed by atoms with E-state index in [9.17, 15) is 9.90 Å². The molecule has 1 rings (SSSR count). The lowest BCUT2D eigenvalue weighted by atomic mass is 9.78. The van der Waals surface area contributed by atoms with Gasteiger partial charge >= 0.3 is 5.97 Å². The highest BCUT2D eigenvalue weighted by Gasteiger charge is 2.25. The zero-order valence-electron chi connectivity index (χ0n) is 28.2. The third-order valence-corrected chi connectivity index (χ3v) is 9.13. The number of aromatic hydroxyl groups is 1. The topological polar surface area (TPSA) is 46.5 Å². The SMILES string of the molecule is CCCCCCCCCCCCCCCCCCSCCOC(=O)CCc1cc(C(C)(C)C)cc(C(C)(C)C)c1O. The molecule has 0 aliphatic carbocycles. The monoisotopic (exact) mass is 590 g/mol. The van der Waals surface area contributed by atoms with Gasteiger partial charge in [0, 0.05) is 12.2 Å². The number of hydrogen-bond donors (Lipinski definition) is 1. The molecule has 4 heteroatoms. The molecule has 0 atom stereocenters. The first-order chi connectivity index (χ1) is 19.5. The van der Waals surface area contributed by atoms with Crippen LogP contribution < -0.4 is 0 Å². The molecule has 41 heavy (non-hydrogen) atoms. The van der Waals surface area contributed by atoms with Crippen LogP contribution >= 0.6 is 11.8 Å². The van der Waals surface area contributed by atoms with Gasteiger partial charge in [0.25, 0.3) is 0 Å². The Bertz CT molecular complexity index is 819. The molecule has 1 aromatic rings. The number of phenols is 1. The number of rotatable bonds is 23. The average Bonchev–Trinajstić information content (AvgIpc) is 2.90. The number of esters is 1. The predicted molar refractivity (Wildman–Crippen MR) is 182 cm³/mol. The number of phenolic OH excluding ortho intramolecular Hbond substituents is 1. The molecule has 238 valence electrons. The average molecular weight is 591 g/mol. The Labute approximate surface area is 259 Å². The van der Waals surface area contributed by atoms with Crippen LogP contribution in [0.2, 0.25) is 0 Å². The van der Waals surface area contributed by atoms with Gasteiger partial charge in [-0.2, -0.15) is 11.8 Å². The third-order valence-electron chi connectivity index (χ3n) is 8.09. The number of unbranched alkanes of at least 4 members (excludes halogenated alkanes) is 15. The maximum absolute atomic E-state index is 12.4. The van der Waals surface area contributed by atoms with Gasteiger partial charge in [0.15, 0.2) is 0 Å². The molecule has 1 N–H and O–H groups in total. The Kier molecular flexibility index (Phi) is 19.9. The number of ether oxygens (including phenoxy) is 1. The van der Waals surface area contributed by atoms with E-state index < -0.39 is 0 Å². The van der Waals surface area contributed by atoms with Crippen LogP contribution in [-0.4, -0.2) is 29.2 Å². The van der Waals surface area contributed by atoms with Crippen molar-refractivity contribution in [2.45, 2.75) is 175 Å². The molecule has 0 radical (unpaired) electrons. The molecule has 0 unspecified atom stereocenters. The normalized spacial score (nSPS) is 12.2. The van der Waals surface area contributed by atoms with Crippen LogP contribution in [0.25, 0.3) is 0 Å². The number of carbonyl (C=O) groups excluding carboxylic acids is 1. The van der Waals surface area contributed by atoms with Crippen LogP contribution in [0.4, 0.5) is 0 Å². The van der Waals surface area contributed by atoms with E-state index in [4.69, 9.17) is 4.74 Å². The fraction of sp³-hybridized carbons (Fsp3) is 0.811. The maximum atomic E-state index is 12.4. The molecule has 0 aromatic heterocycles. The molecule has 0 saturated heterocycles. The molecule has 0 amide bonds. The predicted octanol–water partition coefficient (Wildman–Crippen LogP) is 11.5. The van der Waals surface area contributed by atoms with E-state index in [0.29, 0.717) is 25.2 Å². The Morgan fingerprint density at radius 1 is 0.707 bits per heavy atom. The Morgan fingerprint density at radius 2 is 1.20 bits per heavy atom. The highest BCUT2D eigenvalue weighted by Crippen LogP contribution is 2.38. The minimum Gasteiger partial charge on any atom is -0.507 e. The van der Waals surface area contributed by atoms with E-state index in [1.807, 2.05) is 11.8 Å². The van der Waals surface area contributed by atoms with Crippen LogP contribution in [0.5, 0.6) is 5.75 Å². The number of aryl methyl sites for hydroxylation is 1. The van der Waals surface area contributed by atoms with Gasteiger partial charge in [-0.15, -0.1) is 0 Å². The van der Waals surface area contributed by atoms with Crippen molar-refractivity contribution in [2.75, 3.05) is 18.1 Å². The fourth-order valence-electron chi connectivity index (χ4n) is 5.27. The number of carbonyl (C=O) groups is 1. The molecule has 1 aromatic carbocycles. The van der Waals surface area contributed by atoms with Crippen LogP contribution in [-0.2, 0) is 26.8 Å². The minimum atomic E-state index is -0.175. The van der Waals surface area contributed by atoms with E-state index in [2.05, 4.69) is 60.6 Å². The molecule has 0 saturated carbocycles. The second kappa shape index (κ2) is 21.5. The molecular weight excluding hydrogens is 524 g/mol. The summed E-state index contributed by atoms with van der Waals surface area (Å²) in [7, 11) is 0. The van der Waals surface area contributed by atoms with Crippen molar-refractivity contribution in [1.82, 2.24) is 0 Å². The first-order valence-electron chi connectivity index (χ1n) is 17.1. The maximum Gasteiger partial charge on any atom is 0.306 e. The van der Waals surface area contributed by atoms with Crippen molar-refractivity contribution in [3.05, 3.63) is 28.8 Å². The zero-order valence-corrected chi connectivity index (χ0v) is 29.0. The summed E-state index contributed by atoms with van der Waals surface area (Å²) in [4.78, 5) is 12.4. The molecule has 0 spiro atoms. The van der Waals surface area contributed by atoms with Crippen molar-refractivity contribution < 1.29 is 14.6 Å². The lowest BCUT2D eigenvalue weighted by molar-refractivity contribution is -0.142. The molecule has 0 fully saturated rings. The number of thioether (sulfide) groups is 1. The van der Waals surface area contributed by atoms with Crippen LogP contribution in [0.3, 0.4) is 0 Å². The number of benzene rings is 1. The summed E-state index contributed by atoms with van der Waals surface area (Å²) >= 11 is 1.89. The molecule has 0 bridgehead atoms. The first kappa shape index (κ1) is 37.9. The summed E-state index contributed by atoms with van der Waals surface area (Å²) in [5, 5.41) is 10.9. The summed E-state index contributed by atoms with van der Waals surface area (Å²) in [6, 6.07) is 4.18. The molecule has 0 aliphatic rings. The van der Waals surface area contributed by atoms with Crippen LogP contribution in [0.1, 0.15) is 174 Å². The van der Waals surface area contributed by atoms with Crippen LogP contribution in [0.15, 0.2) is 12.1 Å². The number of hydrogen-bond acceptors (Lipinski definition) is 4. The Balaban J connectivity index is 2.05. The highest BCUT2D eigenvalue weighted by atomic mass is 32.2. The molecule has 3 nitrogen and oxygen atoms in total. The highest BCUT2D eigenvalue weighted by molar-refractivity contribution is 7.99. The largest absolute Gasteiger partial charge is 0.507 e. The fourth-order valence-corrected chi connectivity index (χ4v) is 6.08. The van der Waals surface area contributed by atoms with E-state index in [0.717, 1.165) is 22.6 Å². The molecular formula is C37H66O3S. The summed E-state index contributed by atoms with van der Waals surface area (Å²) in [6.07, 6.45) is 23.2. The Morgan fingerprint density at radius 3 is 1.66 bits per heavy atom. The second-order valence-corrected chi connectivity index (χ2v) is 15.4. The summed E-state index contributed by atoms with van der Waals surface area (Å²) in [5.74, 6) is 2.17. The first-order valence-corrected chi connectivity index (χ1v) is 18.2. The lowest BCUT2D eigenvalue weighted by Gasteiger charge is -2.27. The van der Waals surface area contributed by atoms with E-state index >= 15 is 0 Å². The summed E-state index contributed by atoms with van der Waals surface area (Å²) in [5.41, 5.74) is 2.79. The summed E-state index contributed by atoms with van der Waals surface area (Å²) in [6.45, 7) is 15.7. The van der Waals surface area contributed by atoms with Gasteiger partial charge in [0.1, 0.15) is 12.4 Å². The van der Waals surface area contributed by atoms with Gasteiger partial charge in [-0.25, -0.2) is 0 Å². The summed E-state index contributed by atoms with van der Waals surface area (Å²) < 4.78 is 5.49. The standard InChI is InChI=1S/C37H66O3S/c1-8-9-10-11-12-13-14-15-16-17-18-19-20-21-22-23-27-41-28-26-40-34(38)25-24-31-29-32(36(2,3)4)30-33(35(31)39)37(5,6)7/h29-30,39H,8-28H2,1-7H3. The van der Waals surface area contributed by atoms with E-state index in [-0.39, 0.29) is 16.8 Å². The van der Waals surface area contributed by atoms with Crippen molar-refractivity contribution >= 4 is 17.7 Å². The van der Waals surface area contributed by atoms with Crippen molar-refractivity contribution in [2.24, 2.45) is 0 Å². The van der Waals surface area contributed by atoms with Gasteiger partial charge in [-0.3, -0.25) is 4.79 Å². The van der Waals surface area contributed by atoms with Gasteiger partial charge in [-0.05, 0) is 46.1 Å². The third kappa shape index (κ3) is 18.2. The van der Waals surface area contributed by atoms with Gasteiger partial charge in [0.2, 0.25) is 0 Å². The minimum absolute atomic E-state index is 0.0212. The van der Waals surface area contributed by atoms with Crippen molar-refractivity contribution in [1.29, 1.82) is 0 Å². The van der Waals surface area contributed by atoms with E-state index in [1.54, 1.807) is 0 Å². The Hall–Kier alpha value is -1.16. The van der Waals surface area contributed by atoms with Gasteiger partial charge in [-0.1, -0.05) is 157 Å². The van der Waals surface area contributed by atoms with Crippen molar-refractivity contribution in [3.8, 4) is 5.75 Å². The second-order valence-electron chi connectivity index (χ2n) is 14.2. The van der Waals surface area contributed by atoms with Crippen LogP contribution in [0, 0.1) is 0 Å². The molecule has 0 aliphatic heterocycles. The smallest absolute Gasteiger partial charge is 0.306 e. The van der Waals surface area contributed by atoms with Gasteiger partial charge < -0.3 is 9.84 Å². The zero-order chi connectivity index (χ0) is 30.6. The van der Waals surface area contributed by atoms with Gasteiger partial charge in [0.05, 0.1) is 0 Å². The van der Waals surface area contributed by atoms with Crippen molar-refractivity contribution in [3.63, 3.8) is 0 Å². The quantitative estimate of drug-likeness (QED) is 0.102.